The Bertz CT molecular complexity index is 892. The molecule has 1 heterocycles. The minimum atomic E-state index is -0.340. The zero-order valence-corrected chi connectivity index (χ0v) is 16.8. The van der Waals surface area contributed by atoms with Gasteiger partial charge >= 0.3 is 5.97 Å². The number of carbonyl (C=O) groups is 2. The molecule has 0 unspecified atom stereocenters. The fourth-order valence-electron chi connectivity index (χ4n) is 3.12. The van der Waals surface area contributed by atoms with Crippen LogP contribution in [0.15, 0.2) is 24.3 Å². The highest BCUT2D eigenvalue weighted by molar-refractivity contribution is 7.80. The Morgan fingerprint density at radius 2 is 1.81 bits per heavy atom. The lowest BCUT2D eigenvalue weighted by molar-refractivity contribution is -0.114. The summed E-state index contributed by atoms with van der Waals surface area (Å²) >= 11 is 6.98. The summed E-state index contributed by atoms with van der Waals surface area (Å²) in [6, 6.07) is 7.25. The van der Waals surface area contributed by atoms with Gasteiger partial charge in [-0.1, -0.05) is 6.07 Å². The molecule has 0 spiro atoms. The Kier molecular flexibility index (Phi) is 6.08. The highest BCUT2D eigenvalue weighted by Crippen LogP contribution is 2.38. The van der Waals surface area contributed by atoms with Gasteiger partial charge in [0.15, 0.2) is 5.11 Å². The van der Waals surface area contributed by atoms with Crippen LogP contribution in [0.4, 0.5) is 16.4 Å². The number of hydrogen-bond donors (Lipinski definition) is 3. The van der Waals surface area contributed by atoms with Crippen LogP contribution < -0.4 is 16.0 Å². The maximum atomic E-state index is 12.3. The van der Waals surface area contributed by atoms with Gasteiger partial charge in [-0.2, -0.15) is 0 Å². The van der Waals surface area contributed by atoms with Crippen LogP contribution in [0.1, 0.15) is 40.6 Å². The molecule has 1 aliphatic rings. The van der Waals surface area contributed by atoms with Gasteiger partial charge in [0.05, 0.1) is 12.7 Å². The van der Waals surface area contributed by atoms with Crippen LogP contribution >= 0.6 is 23.6 Å². The van der Waals surface area contributed by atoms with E-state index in [-0.39, 0.29) is 11.9 Å². The number of hydrogen-bond acceptors (Lipinski definition) is 5. The first kappa shape index (κ1) is 19.3. The van der Waals surface area contributed by atoms with E-state index in [0.717, 1.165) is 36.9 Å². The first-order chi connectivity index (χ1) is 13.0. The lowest BCUT2D eigenvalue weighted by Crippen LogP contribution is -2.20. The number of anilines is 3. The number of amides is 1. The van der Waals surface area contributed by atoms with Gasteiger partial charge < -0.3 is 20.7 Å². The van der Waals surface area contributed by atoms with Crippen LogP contribution in [0, 0.1) is 0 Å². The van der Waals surface area contributed by atoms with Gasteiger partial charge in [0.2, 0.25) is 5.91 Å². The molecule has 1 aliphatic carbocycles. The van der Waals surface area contributed by atoms with Crippen molar-refractivity contribution in [3.05, 3.63) is 40.3 Å². The highest BCUT2D eigenvalue weighted by atomic mass is 32.1. The number of fused-ring (bicyclic) bond motifs is 1. The summed E-state index contributed by atoms with van der Waals surface area (Å²) in [6.07, 6.45) is 4.07. The molecule has 1 aromatic carbocycles. The van der Waals surface area contributed by atoms with E-state index < -0.39 is 0 Å². The summed E-state index contributed by atoms with van der Waals surface area (Å²) in [4.78, 5) is 24.7. The van der Waals surface area contributed by atoms with Gasteiger partial charge in [-0.25, -0.2) is 4.79 Å². The summed E-state index contributed by atoms with van der Waals surface area (Å²) in [5.41, 5.74) is 3.08. The number of thiophene rings is 1. The molecule has 0 saturated carbocycles. The maximum Gasteiger partial charge on any atom is 0.341 e. The first-order valence-electron chi connectivity index (χ1n) is 8.66. The predicted octanol–water partition coefficient (Wildman–Crippen LogP) is 4.18. The molecule has 0 aliphatic heterocycles. The van der Waals surface area contributed by atoms with E-state index >= 15 is 0 Å². The monoisotopic (exact) mass is 403 g/mol. The number of ether oxygens (including phenoxy) is 1. The SMILES string of the molecule is COC(=O)c1c(NC(=S)Nc2cccc(NC(C)=O)c2)sc2c1CCCC2. The second-order valence-corrected chi connectivity index (χ2v) is 7.76. The van der Waals surface area contributed by atoms with Gasteiger partial charge in [0.1, 0.15) is 5.00 Å². The van der Waals surface area contributed by atoms with Crippen molar-refractivity contribution < 1.29 is 14.3 Å². The largest absolute Gasteiger partial charge is 0.465 e. The summed E-state index contributed by atoms with van der Waals surface area (Å²) in [7, 11) is 1.39. The standard InChI is InChI=1S/C19H21N3O3S2/c1-11(23)20-12-6-5-7-13(10-12)21-19(26)22-17-16(18(24)25-2)14-8-3-4-9-15(14)27-17/h5-7,10H,3-4,8-9H2,1-2H3,(H,20,23)(H2,21,22,26). The molecule has 142 valence electrons. The first-order valence-corrected chi connectivity index (χ1v) is 9.89. The van der Waals surface area contributed by atoms with E-state index in [1.165, 1.54) is 18.9 Å². The summed E-state index contributed by atoms with van der Waals surface area (Å²) < 4.78 is 4.98. The van der Waals surface area contributed by atoms with E-state index in [4.69, 9.17) is 17.0 Å². The Labute approximate surface area is 167 Å². The maximum absolute atomic E-state index is 12.3. The molecule has 27 heavy (non-hydrogen) atoms. The summed E-state index contributed by atoms with van der Waals surface area (Å²) in [6.45, 7) is 1.46. The smallest absolute Gasteiger partial charge is 0.341 e. The van der Waals surface area contributed by atoms with Crippen molar-refractivity contribution in [2.75, 3.05) is 23.1 Å². The molecule has 3 rings (SSSR count). The van der Waals surface area contributed by atoms with Crippen molar-refractivity contribution in [2.45, 2.75) is 32.6 Å². The second-order valence-electron chi connectivity index (χ2n) is 6.25. The Balaban J connectivity index is 1.77. The molecule has 0 bridgehead atoms. The molecule has 8 heteroatoms. The number of nitrogens with one attached hydrogen (secondary N) is 3. The zero-order valence-electron chi connectivity index (χ0n) is 15.2. The van der Waals surface area contributed by atoms with Crippen LogP contribution in [-0.2, 0) is 22.4 Å². The van der Waals surface area contributed by atoms with Crippen molar-refractivity contribution in [1.82, 2.24) is 0 Å². The minimum absolute atomic E-state index is 0.139. The highest BCUT2D eigenvalue weighted by Gasteiger charge is 2.26. The molecule has 3 N–H and O–H groups in total. The third-order valence-electron chi connectivity index (χ3n) is 4.23. The quantitative estimate of drug-likeness (QED) is 0.525. The molecule has 2 aromatic rings. The van der Waals surface area contributed by atoms with Crippen molar-refractivity contribution in [3.63, 3.8) is 0 Å². The molecule has 0 atom stereocenters. The van der Waals surface area contributed by atoms with E-state index in [0.29, 0.717) is 21.4 Å². The van der Waals surface area contributed by atoms with Crippen molar-refractivity contribution >= 4 is 56.9 Å². The van der Waals surface area contributed by atoms with Crippen molar-refractivity contribution in [3.8, 4) is 0 Å². The third-order valence-corrected chi connectivity index (χ3v) is 5.64. The van der Waals surface area contributed by atoms with E-state index in [1.54, 1.807) is 23.5 Å². The molecule has 6 nitrogen and oxygen atoms in total. The third kappa shape index (κ3) is 4.64. The number of carbonyl (C=O) groups excluding carboxylic acids is 2. The van der Waals surface area contributed by atoms with Crippen LogP contribution in [0.2, 0.25) is 0 Å². The molecule has 1 amide bonds. The summed E-state index contributed by atoms with van der Waals surface area (Å²) in [5.74, 6) is -0.480. The Hall–Kier alpha value is -2.45. The summed E-state index contributed by atoms with van der Waals surface area (Å²) in [5, 5.41) is 10.1. The lowest BCUT2D eigenvalue weighted by atomic mass is 9.95. The van der Waals surface area contributed by atoms with Crippen LogP contribution in [0.25, 0.3) is 0 Å². The van der Waals surface area contributed by atoms with Crippen LogP contribution in [0.3, 0.4) is 0 Å². The molecular weight excluding hydrogens is 382 g/mol. The Morgan fingerprint density at radius 3 is 2.52 bits per heavy atom. The fourth-order valence-corrected chi connectivity index (χ4v) is 4.68. The van der Waals surface area contributed by atoms with Crippen molar-refractivity contribution in [2.24, 2.45) is 0 Å². The van der Waals surface area contributed by atoms with Crippen LogP contribution in [0.5, 0.6) is 0 Å². The average molecular weight is 404 g/mol. The van der Waals surface area contributed by atoms with E-state index in [9.17, 15) is 9.59 Å². The number of thiocarbonyl (C=S) groups is 1. The Morgan fingerprint density at radius 1 is 1.11 bits per heavy atom. The second kappa shape index (κ2) is 8.49. The molecule has 0 radical (unpaired) electrons. The predicted molar refractivity (Wildman–Crippen MR) is 113 cm³/mol. The number of rotatable bonds is 4. The van der Waals surface area contributed by atoms with Crippen LogP contribution in [-0.4, -0.2) is 24.1 Å². The normalized spacial score (nSPS) is 12.7. The number of aryl methyl sites for hydroxylation is 1. The van der Waals surface area contributed by atoms with Crippen molar-refractivity contribution in [1.29, 1.82) is 0 Å². The average Bonchev–Trinajstić information content (AvgIpc) is 2.98. The lowest BCUT2D eigenvalue weighted by Gasteiger charge is -2.13. The van der Waals surface area contributed by atoms with E-state index in [2.05, 4.69) is 16.0 Å². The molecule has 0 saturated heterocycles. The van der Waals surface area contributed by atoms with Gasteiger partial charge in [-0.05, 0) is 61.7 Å². The number of benzene rings is 1. The fraction of sp³-hybridized carbons (Fsp3) is 0.316. The molecule has 0 fully saturated rings. The van der Waals surface area contributed by atoms with Gasteiger partial charge in [0.25, 0.3) is 0 Å². The zero-order chi connectivity index (χ0) is 19.4. The number of esters is 1. The van der Waals surface area contributed by atoms with Gasteiger partial charge in [0, 0.05) is 23.2 Å². The number of methoxy groups -OCH3 is 1. The minimum Gasteiger partial charge on any atom is -0.465 e. The van der Waals surface area contributed by atoms with Gasteiger partial charge in [-0.15, -0.1) is 11.3 Å². The topological polar surface area (TPSA) is 79.5 Å². The van der Waals surface area contributed by atoms with E-state index in [1.807, 2.05) is 12.1 Å². The molecule has 1 aromatic heterocycles. The molecular formula is C19H21N3O3S2. The van der Waals surface area contributed by atoms with Gasteiger partial charge in [-0.3, -0.25) is 4.79 Å².